The molecular weight excluding hydrogens is 414 g/mol. The average Bonchev–Trinajstić information content (AvgIpc) is 2.63. The maximum atomic E-state index is 12.2. The van der Waals surface area contributed by atoms with Gasteiger partial charge >= 0.3 is 15.2 Å². The largest absolute Gasteiger partial charge is 0.389 e. The van der Waals surface area contributed by atoms with Gasteiger partial charge in [0.1, 0.15) is 0 Å². The Labute approximate surface area is 163 Å². The van der Waals surface area contributed by atoms with Crippen LogP contribution >= 0.6 is 15.2 Å². The third-order valence-electron chi connectivity index (χ3n) is 5.09. The molecule has 0 saturated carbocycles. The van der Waals surface area contributed by atoms with Gasteiger partial charge in [-0.2, -0.15) is 0 Å². The highest BCUT2D eigenvalue weighted by Gasteiger charge is 2.55. The van der Waals surface area contributed by atoms with Crippen LogP contribution in [-0.2, 0) is 52.0 Å². The van der Waals surface area contributed by atoms with Gasteiger partial charge in [-0.3, -0.25) is 9.13 Å². The maximum Gasteiger partial charge on any atom is 0.389 e. The molecule has 0 atom stereocenters. The minimum Gasteiger partial charge on any atom is -0.340 e. The van der Waals surface area contributed by atoms with E-state index in [-0.39, 0.29) is 11.1 Å². The first-order valence-electron chi connectivity index (χ1n) is 8.43. The molecule has 0 heterocycles. The Morgan fingerprint density at radius 2 is 1.00 bits per heavy atom. The van der Waals surface area contributed by atoms with Crippen LogP contribution in [0.3, 0.4) is 0 Å². The van der Waals surface area contributed by atoms with Crippen LogP contribution in [0, 0.1) is 0 Å². The monoisotopic (exact) mass is 440 g/mol. The van der Waals surface area contributed by atoms with E-state index in [1.807, 2.05) is 0 Å². The molecule has 1 aromatic carbocycles. The fourth-order valence-corrected chi connectivity index (χ4v) is 5.85. The van der Waals surface area contributed by atoms with E-state index in [1.165, 1.54) is 12.1 Å². The molecule has 0 saturated heterocycles. The summed E-state index contributed by atoms with van der Waals surface area (Å²) < 4.78 is 45.0. The van der Waals surface area contributed by atoms with Crippen molar-refractivity contribution in [1.82, 2.24) is 0 Å². The standard InChI is InChI=1S/C16H26O10P2/c1-23-15(24-2,27(17,18)19)13-9-10-14(12-8-6-5-7-11(12)13)16(25-3,26-4)28(20,21)22/h9-10H,5-8H2,1-4H3,(H2,17,18,19)(H2,20,21,22). The molecule has 0 aliphatic heterocycles. The Morgan fingerprint density at radius 3 is 1.21 bits per heavy atom. The summed E-state index contributed by atoms with van der Waals surface area (Å²) >= 11 is 0. The lowest BCUT2D eigenvalue weighted by molar-refractivity contribution is -0.165. The van der Waals surface area contributed by atoms with Gasteiger partial charge in [-0.05, 0) is 36.8 Å². The van der Waals surface area contributed by atoms with E-state index < -0.39 is 26.2 Å². The summed E-state index contributed by atoms with van der Waals surface area (Å²) in [6.45, 7) is 0. The van der Waals surface area contributed by atoms with E-state index in [4.69, 9.17) is 18.9 Å². The van der Waals surface area contributed by atoms with Crippen molar-refractivity contribution in [2.45, 2.75) is 36.7 Å². The Hall–Kier alpha value is -0.640. The van der Waals surface area contributed by atoms with E-state index >= 15 is 0 Å². The predicted octanol–water partition coefficient (Wildman–Crippen LogP) is 1.73. The minimum atomic E-state index is -4.94. The molecule has 0 aromatic heterocycles. The average molecular weight is 440 g/mol. The molecule has 1 aromatic rings. The normalized spacial score (nSPS) is 16.1. The van der Waals surface area contributed by atoms with Gasteiger partial charge in [0.2, 0.25) is 0 Å². The van der Waals surface area contributed by atoms with Gasteiger partial charge in [0.15, 0.2) is 0 Å². The van der Waals surface area contributed by atoms with Crippen molar-refractivity contribution < 1.29 is 47.7 Å². The highest BCUT2D eigenvalue weighted by molar-refractivity contribution is 7.53. The Kier molecular flexibility index (Phi) is 6.96. The summed E-state index contributed by atoms with van der Waals surface area (Å²) in [5, 5.41) is 0. The van der Waals surface area contributed by atoms with Crippen molar-refractivity contribution in [3.05, 3.63) is 34.4 Å². The van der Waals surface area contributed by atoms with E-state index in [1.54, 1.807) is 0 Å². The second-order valence-corrected chi connectivity index (χ2v) is 9.75. The van der Waals surface area contributed by atoms with Crippen LogP contribution in [0.4, 0.5) is 0 Å². The lowest BCUT2D eigenvalue weighted by Gasteiger charge is -2.38. The molecule has 160 valence electrons. The second kappa shape index (κ2) is 8.24. The van der Waals surface area contributed by atoms with Gasteiger partial charge in [-0.25, -0.2) is 0 Å². The predicted molar refractivity (Wildman–Crippen MR) is 98.6 cm³/mol. The topological polar surface area (TPSA) is 152 Å². The van der Waals surface area contributed by atoms with Crippen molar-refractivity contribution in [3.8, 4) is 0 Å². The molecule has 1 aliphatic carbocycles. The third-order valence-corrected chi connectivity index (χ3v) is 7.84. The van der Waals surface area contributed by atoms with Crippen LogP contribution in [0.5, 0.6) is 0 Å². The lowest BCUT2D eigenvalue weighted by atomic mass is 9.84. The first-order chi connectivity index (χ1) is 13.0. The third kappa shape index (κ3) is 3.52. The second-order valence-electron chi connectivity index (χ2n) is 6.39. The van der Waals surface area contributed by atoms with E-state index in [9.17, 15) is 28.7 Å². The van der Waals surface area contributed by atoms with Crippen LogP contribution in [0.2, 0.25) is 0 Å². The van der Waals surface area contributed by atoms with Crippen LogP contribution in [0.15, 0.2) is 12.1 Å². The molecule has 0 radical (unpaired) electrons. The number of benzene rings is 1. The first-order valence-corrected chi connectivity index (χ1v) is 11.7. The fourth-order valence-electron chi connectivity index (χ4n) is 3.86. The van der Waals surface area contributed by atoms with Crippen molar-refractivity contribution in [3.63, 3.8) is 0 Å². The molecule has 0 fully saturated rings. The number of fused-ring (bicyclic) bond motifs is 1. The zero-order valence-electron chi connectivity index (χ0n) is 16.1. The van der Waals surface area contributed by atoms with Gasteiger partial charge in [-0.15, -0.1) is 0 Å². The molecule has 0 spiro atoms. The molecule has 10 nitrogen and oxygen atoms in total. The van der Waals surface area contributed by atoms with Gasteiger partial charge in [0.05, 0.1) is 0 Å². The molecule has 2 rings (SSSR count). The molecule has 0 unspecified atom stereocenters. The number of rotatable bonds is 8. The Bertz CT molecular complexity index is 737. The summed E-state index contributed by atoms with van der Waals surface area (Å²) in [4.78, 5) is 39.7. The number of methoxy groups -OCH3 is 4. The quantitative estimate of drug-likeness (QED) is 0.347. The Morgan fingerprint density at radius 1 is 0.714 bits per heavy atom. The highest BCUT2D eigenvalue weighted by Crippen LogP contribution is 2.62. The number of hydrogen-bond donors (Lipinski definition) is 4. The summed E-state index contributed by atoms with van der Waals surface area (Å²) in [6.07, 6.45) is 2.27. The van der Waals surface area contributed by atoms with E-state index in [0.29, 0.717) is 24.0 Å². The summed E-state index contributed by atoms with van der Waals surface area (Å²) in [7, 11) is -5.39. The number of ether oxygens (including phenoxy) is 4. The van der Waals surface area contributed by atoms with Crippen molar-refractivity contribution in [2.75, 3.05) is 28.4 Å². The molecule has 0 amide bonds. The molecule has 0 bridgehead atoms. The Balaban J connectivity index is 2.88. The molecular formula is C16H26O10P2. The van der Waals surface area contributed by atoms with Gasteiger partial charge in [0, 0.05) is 39.6 Å². The first kappa shape index (κ1) is 23.6. The van der Waals surface area contributed by atoms with Crippen LogP contribution in [-0.4, -0.2) is 48.0 Å². The molecule has 28 heavy (non-hydrogen) atoms. The van der Waals surface area contributed by atoms with Gasteiger partial charge in [0.25, 0.3) is 11.1 Å². The zero-order chi connectivity index (χ0) is 21.4. The lowest BCUT2D eigenvalue weighted by Crippen LogP contribution is -2.36. The van der Waals surface area contributed by atoms with Crippen molar-refractivity contribution in [1.29, 1.82) is 0 Å². The van der Waals surface area contributed by atoms with Crippen molar-refractivity contribution >= 4 is 15.2 Å². The molecule has 1 aliphatic rings. The van der Waals surface area contributed by atoms with Gasteiger partial charge in [-0.1, -0.05) is 12.1 Å². The smallest absolute Gasteiger partial charge is 0.340 e. The van der Waals surface area contributed by atoms with Crippen LogP contribution < -0.4 is 0 Å². The molecule has 4 N–H and O–H groups in total. The van der Waals surface area contributed by atoms with Crippen LogP contribution in [0.25, 0.3) is 0 Å². The SMILES string of the molecule is COC(OC)(c1ccc(C(OC)(OC)P(=O)(O)O)c2c1CCCC2)P(=O)(O)O. The highest BCUT2D eigenvalue weighted by atomic mass is 31.2. The van der Waals surface area contributed by atoms with Gasteiger partial charge < -0.3 is 38.5 Å². The summed E-state index contributed by atoms with van der Waals surface area (Å²) in [6, 6.07) is 2.65. The minimum absolute atomic E-state index is 0.108. The fraction of sp³-hybridized carbons (Fsp3) is 0.625. The van der Waals surface area contributed by atoms with Crippen LogP contribution in [0.1, 0.15) is 35.1 Å². The molecule has 12 heteroatoms. The van der Waals surface area contributed by atoms with Crippen molar-refractivity contribution in [2.24, 2.45) is 0 Å². The maximum absolute atomic E-state index is 12.2. The summed E-state index contributed by atoms with van der Waals surface area (Å²) in [5.41, 5.74) is -3.48. The number of hydrogen-bond acceptors (Lipinski definition) is 6. The zero-order valence-corrected chi connectivity index (χ0v) is 17.9. The van der Waals surface area contributed by atoms with E-state index in [0.717, 1.165) is 41.3 Å². The summed E-state index contributed by atoms with van der Waals surface area (Å²) in [5.74, 6) is 0. The van der Waals surface area contributed by atoms with E-state index in [2.05, 4.69) is 0 Å².